The zero-order chi connectivity index (χ0) is 21.6. The minimum atomic E-state index is -1.07. The summed E-state index contributed by atoms with van der Waals surface area (Å²) in [5, 5.41) is 16.9. The normalized spacial score (nSPS) is 27.5. The smallest absolute Gasteiger partial charge is 0.317 e. The molecule has 162 valence electrons. The van der Waals surface area contributed by atoms with E-state index in [4.69, 9.17) is 9.47 Å². The van der Waals surface area contributed by atoms with Crippen LogP contribution in [0.25, 0.3) is 10.2 Å². The van der Waals surface area contributed by atoms with Gasteiger partial charge in [0.2, 0.25) is 6.79 Å². The Balaban J connectivity index is 1.35. The number of nitrogens with zero attached hydrogens (tertiary/aromatic N) is 2. The third kappa shape index (κ3) is 3.34. The standard InChI is InChI=1S/C23H25N3O4S/c1-13-14(2)23(22(27)28,21-25-11-16-6-8-31-20(16)26-21)7-5-17(13)24-10-15-3-4-18-19(9-15)30-12-29-18/h3-4,6,8-9,11,13-14,17,24H,5,7,10,12H2,1-2H3,(H,27,28). The summed E-state index contributed by atoms with van der Waals surface area (Å²) in [7, 11) is 0. The molecule has 1 fully saturated rings. The van der Waals surface area contributed by atoms with Crippen LogP contribution >= 0.6 is 11.3 Å². The number of aliphatic carboxylic acids is 1. The van der Waals surface area contributed by atoms with Crippen LogP contribution in [0.3, 0.4) is 0 Å². The lowest BCUT2D eigenvalue weighted by Gasteiger charge is -2.45. The number of nitrogens with one attached hydrogen (secondary N) is 1. The first-order chi connectivity index (χ1) is 15.0. The molecule has 31 heavy (non-hydrogen) atoms. The minimum absolute atomic E-state index is 0.120. The Hall–Kier alpha value is -2.71. The monoisotopic (exact) mass is 439 g/mol. The van der Waals surface area contributed by atoms with Crippen LogP contribution in [0.15, 0.2) is 35.8 Å². The summed E-state index contributed by atoms with van der Waals surface area (Å²) in [6.45, 7) is 5.10. The van der Waals surface area contributed by atoms with Crippen LogP contribution in [0.1, 0.15) is 38.1 Å². The van der Waals surface area contributed by atoms with Crippen molar-refractivity contribution in [2.24, 2.45) is 11.8 Å². The van der Waals surface area contributed by atoms with E-state index in [1.54, 1.807) is 6.20 Å². The number of benzene rings is 1. The molecule has 2 aliphatic rings. The summed E-state index contributed by atoms with van der Waals surface area (Å²) >= 11 is 1.52. The lowest BCUT2D eigenvalue weighted by atomic mass is 9.60. The van der Waals surface area contributed by atoms with E-state index in [2.05, 4.69) is 22.2 Å². The first-order valence-corrected chi connectivity index (χ1v) is 11.4. The van der Waals surface area contributed by atoms with Crippen molar-refractivity contribution in [2.75, 3.05) is 6.79 Å². The SMILES string of the molecule is CC1C(NCc2ccc3c(c2)OCO3)CCC(C(=O)O)(c2ncc3ccsc3n2)C1C. The predicted octanol–water partition coefficient (Wildman–Crippen LogP) is 3.97. The predicted molar refractivity (Wildman–Crippen MR) is 117 cm³/mol. The van der Waals surface area contributed by atoms with Crippen LogP contribution in [0.5, 0.6) is 11.5 Å². The highest BCUT2D eigenvalue weighted by molar-refractivity contribution is 7.16. The van der Waals surface area contributed by atoms with Gasteiger partial charge in [0, 0.05) is 24.2 Å². The van der Waals surface area contributed by atoms with Gasteiger partial charge in [0.25, 0.3) is 0 Å². The fourth-order valence-electron chi connectivity index (χ4n) is 4.94. The molecule has 7 nitrogen and oxygen atoms in total. The number of hydrogen-bond donors (Lipinski definition) is 2. The van der Waals surface area contributed by atoms with Gasteiger partial charge in [-0.1, -0.05) is 19.9 Å². The molecule has 1 aliphatic carbocycles. The number of aromatic nitrogens is 2. The van der Waals surface area contributed by atoms with E-state index >= 15 is 0 Å². The average Bonchev–Trinajstić information content (AvgIpc) is 3.43. The third-order valence-electron chi connectivity index (χ3n) is 7.04. The molecule has 1 saturated carbocycles. The topological polar surface area (TPSA) is 93.6 Å². The van der Waals surface area contributed by atoms with Gasteiger partial charge in [-0.05, 0) is 53.8 Å². The Labute approximate surface area is 184 Å². The molecule has 8 heteroatoms. The maximum Gasteiger partial charge on any atom is 0.317 e. The van der Waals surface area contributed by atoms with E-state index in [1.165, 1.54) is 11.3 Å². The zero-order valence-electron chi connectivity index (χ0n) is 17.5. The van der Waals surface area contributed by atoms with Gasteiger partial charge in [0.15, 0.2) is 11.5 Å². The van der Waals surface area contributed by atoms with Crippen LogP contribution in [-0.2, 0) is 16.8 Å². The molecule has 0 saturated heterocycles. The van der Waals surface area contributed by atoms with E-state index in [0.29, 0.717) is 18.8 Å². The summed E-state index contributed by atoms with van der Waals surface area (Å²) in [6, 6.07) is 8.12. The van der Waals surface area contributed by atoms with E-state index in [9.17, 15) is 9.90 Å². The van der Waals surface area contributed by atoms with Gasteiger partial charge < -0.3 is 19.9 Å². The van der Waals surface area contributed by atoms with Crippen LogP contribution < -0.4 is 14.8 Å². The number of hydrogen-bond acceptors (Lipinski definition) is 7. The highest BCUT2D eigenvalue weighted by atomic mass is 32.1. The Morgan fingerprint density at radius 2 is 2.13 bits per heavy atom. The van der Waals surface area contributed by atoms with Crippen molar-refractivity contribution in [2.45, 2.75) is 44.7 Å². The quantitative estimate of drug-likeness (QED) is 0.621. The number of carboxylic acids is 1. The zero-order valence-corrected chi connectivity index (χ0v) is 18.3. The minimum Gasteiger partial charge on any atom is -0.480 e. The maximum atomic E-state index is 12.6. The number of rotatable bonds is 5. The Kier molecular flexibility index (Phi) is 5.06. The highest BCUT2D eigenvalue weighted by Crippen LogP contribution is 2.46. The lowest BCUT2D eigenvalue weighted by molar-refractivity contribution is -0.149. The van der Waals surface area contributed by atoms with Crippen LogP contribution in [0, 0.1) is 11.8 Å². The molecule has 3 aromatic rings. The summed E-state index contributed by atoms with van der Waals surface area (Å²) in [6.07, 6.45) is 3.00. The molecule has 1 aromatic carbocycles. The van der Waals surface area contributed by atoms with Gasteiger partial charge in [0.05, 0.1) is 0 Å². The van der Waals surface area contributed by atoms with Crippen molar-refractivity contribution in [3.63, 3.8) is 0 Å². The summed E-state index contributed by atoms with van der Waals surface area (Å²) in [5.74, 6) is 1.17. The van der Waals surface area contributed by atoms with Crippen molar-refractivity contribution < 1.29 is 19.4 Å². The number of ether oxygens (including phenoxy) is 2. The van der Waals surface area contributed by atoms with Gasteiger partial charge in [-0.15, -0.1) is 11.3 Å². The van der Waals surface area contributed by atoms with E-state index in [1.807, 2.05) is 36.6 Å². The molecule has 0 spiro atoms. The van der Waals surface area contributed by atoms with E-state index < -0.39 is 11.4 Å². The largest absolute Gasteiger partial charge is 0.480 e. The van der Waals surface area contributed by atoms with Crippen molar-refractivity contribution in [1.82, 2.24) is 15.3 Å². The molecule has 2 aromatic heterocycles. The number of carbonyl (C=O) groups is 1. The number of thiophene rings is 1. The second-order valence-corrected chi connectivity index (χ2v) is 9.41. The van der Waals surface area contributed by atoms with Crippen LogP contribution in [0.2, 0.25) is 0 Å². The first-order valence-electron chi connectivity index (χ1n) is 10.5. The average molecular weight is 440 g/mol. The summed E-state index contributed by atoms with van der Waals surface area (Å²) < 4.78 is 10.8. The van der Waals surface area contributed by atoms with E-state index in [-0.39, 0.29) is 24.7 Å². The molecule has 2 N–H and O–H groups in total. The van der Waals surface area contributed by atoms with Crippen molar-refractivity contribution in [3.8, 4) is 11.5 Å². The highest BCUT2D eigenvalue weighted by Gasteiger charge is 2.54. The van der Waals surface area contributed by atoms with Gasteiger partial charge in [-0.25, -0.2) is 9.97 Å². The molecule has 4 atom stereocenters. The Bertz CT molecular complexity index is 1130. The van der Waals surface area contributed by atoms with Gasteiger partial charge in [-0.2, -0.15) is 0 Å². The van der Waals surface area contributed by atoms with Crippen molar-refractivity contribution >= 4 is 27.5 Å². The van der Waals surface area contributed by atoms with Crippen LogP contribution in [0.4, 0.5) is 0 Å². The molecule has 4 unspecified atom stereocenters. The second-order valence-electron chi connectivity index (χ2n) is 8.51. The first kappa shape index (κ1) is 20.2. The summed E-state index contributed by atoms with van der Waals surface area (Å²) in [4.78, 5) is 22.6. The molecule has 0 amide bonds. The molecule has 3 heterocycles. The Morgan fingerprint density at radius 1 is 1.29 bits per heavy atom. The molecule has 0 radical (unpaired) electrons. The fraction of sp³-hybridized carbons (Fsp3) is 0.435. The maximum absolute atomic E-state index is 12.6. The van der Waals surface area contributed by atoms with Crippen molar-refractivity contribution in [3.05, 3.63) is 47.2 Å². The number of carboxylic acid groups (broad SMARTS) is 1. The molecular formula is C23H25N3O4S. The van der Waals surface area contributed by atoms with Crippen molar-refractivity contribution in [1.29, 1.82) is 0 Å². The Morgan fingerprint density at radius 3 is 2.97 bits per heavy atom. The number of fused-ring (bicyclic) bond motifs is 2. The van der Waals surface area contributed by atoms with Gasteiger partial charge in [-0.3, -0.25) is 4.79 Å². The summed E-state index contributed by atoms with van der Waals surface area (Å²) in [5.41, 5.74) is 0.0415. The van der Waals surface area contributed by atoms with E-state index in [0.717, 1.165) is 33.7 Å². The second kappa shape index (κ2) is 7.76. The molecule has 1 aliphatic heterocycles. The molecule has 5 rings (SSSR count). The molecule has 0 bridgehead atoms. The van der Waals surface area contributed by atoms with Gasteiger partial charge >= 0.3 is 5.97 Å². The fourth-order valence-corrected chi connectivity index (χ4v) is 5.68. The lowest BCUT2D eigenvalue weighted by Crippen LogP contribution is -2.55. The van der Waals surface area contributed by atoms with Gasteiger partial charge in [0.1, 0.15) is 16.1 Å². The van der Waals surface area contributed by atoms with Crippen LogP contribution in [-0.4, -0.2) is 33.9 Å². The molecular weight excluding hydrogens is 414 g/mol. The third-order valence-corrected chi connectivity index (χ3v) is 7.87.